The molecule has 1 aromatic carbocycles. The van der Waals surface area contributed by atoms with Crippen LogP contribution in [0.1, 0.15) is 42.0 Å². The summed E-state index contributed by atoms with van der Waals surface area (Å²) in [5.41, 5.74) is 5.29. The SMILES string of the molecule is CCOC(=O)C1CCN(C(=O)Cc2coc3c(C)c(C)cc(C)c23)CC1. The fourth-order valence-electron chi connectivity index (χ4n) is 3.82. The van der Waals surface area contributed by atoms with Crippen LogP contribution in [0.25, 0.3) is 11.0 Å². The van der Waals surface area contributed by atoms with E-state index in [1.54, 1.807) is 6.26 Å². The number of hydrogen-bond donors (Lipinski definition) is 0. The molecule has 0 atom stereocenters. The van der Waals surface area contributed by atoms with E-state index in [9.17, 15) is 9.59 Å². The molecule has 0 aliphatic carbocycles. The number of hydrogen-bond acceptors (Lipinski definition) is 4. The van der Waals surface area contributed by atoms with Crippen molar-refractivity contribution in [2.24, 2.45) is 5.92 Å². The van der Waals surface area contributed by atoms with Gasteiger partial charge in [-0.05, 0) is 57.2 Å². The third-order valence-electron chi connectivity index (χ3n) is 5.44. The minimum atomic E-state index is -0.137. The van der Waals surface area contributed by atoms with Gasteiger partial charge in [-0.25, -0.2) is 0 Å². The summed E-state index contributed by atoms with van der Waals surface area (Å²) in [6.07, 6.45) is 3.40. The Morgan fingerprint density at radius 3 is 2.54 bits per heavy atom. The highest BCUT2D eigenvalue weighted by atomic mass is 16.5. The van der Waals surface area contributed by atoms with Crippen LogP contribution in [0, 0.1) is 26.7 Å². The molecule has 0 radical (unpaired) electrons. The van der Waals surface area contributed by atoms with Crippen LogP contribution in [0.3, 0.4) is 0 Å². The highest BCUT2D eigenvalue weighted by Crippen LogP contribution is 2.30. The third kappa shape index (κ3) is 3.48. The number of aryl methyl sites for hydroxylation is 3. The van der Waals surface area contributed by atoms with E-state index in [0.717, 1.165) is 27.7 Å². The van der Waals surface area contributed by atoms with Gasteiger partial charge in [0.15, 0.2) is 0 Å². The van der Waals surface area contributed by atoms with E-state index in [0.29, 0.717) is 39.0 Å². The molecule has 2 heterocycles. The largest absolute Gasteiger partial charge is 0.466 e. The summed E-state index contributed by atoms with van der Waals surface area (Å²) in [6, 6.07) is 2.14. The van der Waals surface area contributed by atoms with Gasteiger partial charge in [-0.1, -0.05) is 6.07 Å². The Balaban J connectivity index is 1.69. The fraction of sp³-hybridized carbons (Fsp3) is 0.524. The van der Waals surface area contributed by atoms with Gasteiger partial charge in [0.1, 0.15) is 5.58 Å². The molecule has 5 heteroatoms. The molecule has 5 nitrogen and oxygen atoms in total. The first-order valence-corrected chi connectivity index (χ1v) is 9.33. The lowest BCUT2D eigenvalue weighted by Crippen LogP contribution is -2.41. The van der Waals surface area contributed by atoms with E-state index in [-0.39, 0.29) is 17.8 Å². The Hall–Kier alpha value is -2.30. The lowest BCUT2D eigenvalue weighted by molar-refractivity contribution is -0.151. The topological polar surface area (TPSA) is 59.8 Å². The maximum Gasteiger partial charge on any atom is 0.309 e. The van der Waals surface area contributed by atoms with E-state index in [1.807, 2.05) is 18.7 Å². The van der Waals surface area contributed by atoms with Crippen molar-refractivity contribution in [3.63, 3.8) is 0 Å². The van der Waals surface area contributed by atoms with Crippen LogP contribution >= 0.6 is 0 Å². The van der Waals surface area contributed by atoms with Gasteiger partial charge in [-0.15, -0.1) is 0 Å². The lowest BCUT2D eigenvalue weighted by atomic mass is 9.96. The van der Waals surface area contributed by atoms with Gasteiger partial charge in [-0.2, -0.15) is 0 Å². The number of furan rings is 1. The number of nitrogens with zero attached hydrogens (tertiary/aromatic N) is 1. The van der Waals surface area contributed by atoms with Gasteiger partial charge < -0.3 is 14.1 Å². The maximum absolute atomic E-state index is 12.7. The van der Waals surface area contributed by atoms with Crippen molar-refractivity contribution >= 4 is 22.8 Å². The van der Waals surface area contributed by atoms with E-state index in [2.05, 4.69) is 19.9 Å². The monoisotopic (exact) mass is 357 g/mol. The molecule has 0 saturated carbocycles. The number of carbonyl (C=O) groups excluding carboxylic acids is 2. The van der Waals surface area contributed by atoms with Crippen molar-refractivity contribution in [3.8, 4) is 0 Å². The van der Waals surface area contributed by atoms with E-state index < -0.39 is 0 Å². The van der Waals surface area contributed by atoms with Gasteiger partial charge in [-0.3, -0.25) is 9.59 Å². The maximum atomic E-state index is 12.7. The first-order valence-electron chi connectivity index (χ1n) is 9.33. The first kappa shape index (κ1) is 18.5. The molecule has 140 valence electrons. The summed E-state index contributed by atoms with van der Waals surface area (Å²) >= 11 is 0. The molecule has 1 amide bonds. The van der Waals surface area contributed by atoms with Crippen molar-refractivity contribution in [1.82, 2.24) is 4.90 Å². The number of amides is 1. The Bertz CT molecular complexity index is 828. The standard InChI is InChI=1S/C21H27NO4/c1-5-25-21(24)16-6-8-22(9-7-16)18(23)11-17-12-26-20-15(4)13(2)10-14(3)19(17)20/h10,12,16H,5-9,11H2,1-4H3. The number of carbonyl (C=O) groups is 2. The van der Waals surface area contributed by atoms with Crippen molar-refractivity contribution in [1.29, 1.82) is 0 Å². The first-order chi connectivity index (χ1) is 12.4. The van der Waals surface area contributed by atoms with Crippen LogP contribution in [0.5, 0.6) is 0 Å². The summed E-state index contributed by atoms with van der Waals surface area (Å²) in [5.74, 6) is -0.129. The Morgan fingerprint density at radius 2 is 1.88 bits per heavy atom. The predicted molar refractivity (Wildman–Crippen MR) is 100 cm³/mol. The van der Waals surface area contributed by atoms with E-state index >= 15 is 0 Å². The molecular weight excluding hydrogens is 330 g/mol. The van der Waals surface area contributed by atoms with Crippen molar-refractivity contribution < 1.29 is 18.7 Å². The molecular formula is C21H27NO4. The fourth-order valence-corrected chi connectivity index (χ4v) is 3.82. The molecule has 0 bridgehead atoms. The summed E-state index contributed by atoms with van der Waals surface area (Å²) in [4.78, 5) is 26.4. The number of benzene rings is 1. The molecule has 0 spiro atoms. The Kier molecular flexibility index (Phi) is 5.35. The van der Waals surface area contributed by atoms with Crippen LogP contribution in [-0.2, 0) is 20.7 Å². The Morgan fingerprint density at radius 1 is 1.19 bits per heavy atom. The molecule has 2 aromatic rings. The lowest BCUT2D eigenvalue weighted by Gasteiger charge is -2.30. The van der Waals surface area contributed by atoms with Crippen molar-refractivity contribution in [3.05, 3.63) is 34.6 Å². The second-order valence-corrected chi connectivity index (χ2v) is 7.18. The zero-order valence-corrected chi connectivity index (χ0v) is 16.1. The Labute approximate surface area is 154 Å². The van der Waals surface area contributed by atoms with E-state index in [4.69, 9.17) is 9.15 Å². The van der Waals surface area contributed by atoms with Gasteiger partial charge >= 0.3 is 5.97 Å². The predicted octanol–water partition coefficient (Wildman–Crippen LogP) is 3.70. The summed E-state index contributed by atoms with van der Waals surface area (Å²) in [5, 5.41) is 1.06. The van der Waals surface area contributed by atoms with E-state index in [1.165, 1.54) is 5.56 Å². The zero-order chi connectivity index (χ0) is 18.8. The second-order valence-electron chi connectivity index (χ2n) is 7.18. The summed E-state index contributed by atoms with van der Waals surface area (Å²) in [6.45, 7) is 9.61. The molecule has 1 fully saturated rings. The molecule has 0 N–H and O–H groups in total. The number of likely N-dealkylation sites (tertiary alicyclic amines) is 1. The van der Waals surface area contributed by atoms with Gasteiger partial charge in [0, 0.05) is 24.0 Å². The number of esters is 1. The van der Waals surface area contributed by atoms with Crippen molar-refractivity contribution in [2.75, 3.05) is 19.7 Å². The van der Waals surface area contributed by atoms with Gasteiger partial charge in [0.2, 0.25) is 5.91 Å². The molecule has 0 unspecified atom stereocenters. The quantitative estimate of drug-likeness (QED) is 0.783. The number of fused-ring (bicyclic) bond motifs is 1. The molecule has 1 saturated heterocycles. The molecule has 1 aliphatic rings. The molecule has 3 rings (SSSR count). The average molecular weight is 357 g/mol. The smallest absolute Gasteiger partial charge is 0.309 e. The average Bonchev–Trinajstić information content (AvgIpc) is 3.04. The van der Waals surface area contributed by atoms with Crippen LogP contribution in [0.2, 0.25) is 0 Å². The normalized spacial score (nSPS) is 15.5. The highest BCUT2D eigenvalue weighted by Gasteiger charge is 2.28. The third-order valence-corrected chi connectivity index (χ3v) is 5.44. The second kappa shape index (κ2) is 7.52. The molecule has 1 aliphatic heterocycles. The highest BCUT2D eigenvalue weighted by molar-refractivity contribution is 5.92. The van der Waals surface area contributed by atoms with Crippen LogP contribution < -0.4 is 0 Å². The van der Waals surface area contributed by atoms with Crippen LogP contribution in [-0.4, -0.2) is 36.5 Å². The molecule has 26 heavy (non-hydrogen) atoms. The number of ether oxygens (including phenoxy) is 1. The van der Waals surface area contributed by atoms with Crippen molar-refractivity contribution in [2.45, 2.75) is 47.0 Å². The summed E-state index contributed by atoms with van der Waals surface area (Å²) in [7, 11) is 0. The van der Waals surface area contributed by atoms with Gasteiger partial charge in [0.05, 0.1) is 25.2 Å². The number of piperidine rings is 1. The summed E-state index contributed by atoms with van der Waals surface area (Å²) < 4.78 is 10.9. The van der Waals surface area contributed by atoms with Gasteiger partial charge in [0.25, 0.3) is 0 Å². The minimum absolute atomic E-state index is 0.0818. The van der Waals surface area contributed by atoms with Crippen LogP contribution in [0.15, 0.2) is 16.7 Å². The van der Waals surface area contributed by atoms with Crippen LogP contribution in [0.4, 0.5) is 0 Å². The number of rotatable bonds is 4. The zero-order valence-electron chi connectivity index (χ0n) is 16.1. The minimum Gasteiger partial charge on any atom is -0.466 e. The molecule has 1 aromatic heterocycles.